The summed E-state index contributed by atoms with van der Waals surface area (Å²) in [5, 5.41) is 11.0. The van der Waals surface area contributed by atoms with Crippen LogP contribution in [-0.4, -0.2) is 33.2 Å². The number of hydrogen-bond donors (Lipinski definition) is 0. The van der Waals surface area contributed by atoms with E-state index in [0.717, 1.165) is 6.21 Å². The molecule has 0 amide bonds. The number of benzene rings is 1. The first kappa shape index (κ1) is 17.0. The Kier molecular flexibility index (Phi) is 5.31. The zero-order valence-electron chi connectivity index (χ0n) is 12.2. The molecule has 0 bridgehead atoms. The van der Waals surface area contributed by atoms with Crippen molar-refractivity contribution in [3.8, 4) is 0 Å². The van der Waals surface area contributed by atoms with Gasteiger partial charge in [-0.1, -0.05) is 0 Å². The Bertz CT molecular complexity index is 619. The van der Waals surface area contributed by atoms with Gasteiger partial charge in [-0.05, 0) is 32.9 Å². The van der Waals surface area contributed by atoms with E-state index in [1.807, 2.05) is 0 Å². The highest BCUT2D eigenvalue weighted by atomic mass is 32.2. The van der Waals surface area contributed by atoms with Gasteiger partial charge in [0, 0.05) is 6.07 Å². The zero-order chi connectivity index (χ0) is 16.2. The molecule has 0 aliphatic heterocycles. The number of nitro benzene ring substituents is 1. The third-order valence-electron chi connectivity index (χ3n) is 2.46. The molecule has 1 rings (SSSR count). The Morgan fingerprint density at radius 3 is 2.52 bits per heavy atom. The summed E-state index contributed by atoms with van der Waals surface area (Å²) in [4.78, 5) is 21.8. The fourth-order valence-corrected chi connectivity index (χ4v) is 1.86. The summed E-state index contributed by atoms with van der Waals surface area (Å²) in [5.41, 5.74) is 0.0314. The fraction of sp³-hybridized carbons (Fsp3) is 0.385. The smallest absolute Gasteiger partial charge is 0.337 e. The van der Waals surface area contributed by atoms with Crippen LogP contribution in [0.15, 0.2) is 22.6 Å². The average Bonchev–Trinajstić information content (AvgIpc) is 2.42. The van der Waals surface area contributed by atoms with Gasteiger partial charge in [-0.25, -0.2) is 9.00 Å². The molecule has 0 aromatic heterocycles. The Morgan fingerprint density at radius 2 is 2.05 bits per heavy atom. The molecule has 0 fully saturated rings. The molecule has 0 spiro atoms. The van der Waals surface area contributed by atoms with Gasteiger partial charge >= 0.3 is 5.97 Å². The second-order valence-electron chi connectivity index (χ2n) is 5.12. The van der Waals surface area contributed by atoms with E-state index in [-0.39, 0.29) is 16.8 Å². The van der Waals surface area contributed by atoms with Crippen LogP contribution in [-0.2, 0) is 15.7 Å². The maximum Gasteiger partial charge on any atom is 0.337 e. The van der Waals surface area contributed by atoms with Crippen LogP contribution in [0.2, 0.25) is 0 Å². The SMILES string of the molecule is COC(=O)c1ccc([N+](=O)[O-])c(/C=N/[S@](=O)C(C)(C)C)c1. The fourth-order valence-electron chi connectivity index (χ4n) is 1.33. The Hall–Kier alpha value is -2.09. The molecule has 0 unspecified atom stereocenters. The number of rotatable bonds is 4. The lowest BCUT2D eigenvalue weighted by atomic mass is 10.1. The van der Waals surface area contributed by atoms with Gasteiger partial charge in [0.15, 0.2) is 0 Å². The highest BCUT2D eigenvalue weighted by molar-refractivity contribution is 7.85. The van der Waals surface area contributed by atoms with Crippen LogP contribution >= 0.6 is 0 Å². The summed E-state index contributed by atoms with van der Waals surface area (Å²) in [6.45, 7) is 5.21. The monoisotopic (exact) mass is 312 g/mol. The topological polar surface area (TPSA) is 98.9 Å². The molecule has 1 aromatic rings. The van der Waals surface area contributed by atoms with Crippen LogP contribution in [0.5, 0.6) is 0 Å². The van der Waals surface area contributed by atoms with Crippen molar-refractivity contribution in [3.63, 3.8) is 0 Å². The predicted octanol–water partition coefficient (Wildman–Crippen LogP) is 2.26. The van der Waals surface area contributed by atoms with E-state index in [2.05, 4.69) is 9.13 Å². The van der Waals surface area contributed by atoms with Crippen LogP contribution in [0.1, 0.15) is 36.7 Å². The molecule has 0 N–H and O–H groups in total. The number of hydrogen-bond acceptors (Lipinski definition) is 5. The maximum absolute atomic E-state index is 11.8. The number of methoxy groups -OCH3 is 1. The van der Waals surface area contributed by atoms with Crippen molar-refractivity contribution < 1.29 is 18.7 Å². The maximum atomic E-state index is 11.8. The number of nitrogens with zero attached hydrogens (tertiary/aromatic N) is 2. The van der Waals surface area contributed by atoms with E-state index in [4.69, 9.17) is 0 Å². The van der Waals surface area contributed by atoms with Gasteiger partial charge in [0.05, 0.1) is 34.1 Å². The second kappa shape index (κ2) is 6.57. The molecule has 0 heterocycles. The summed E-state index contributed by atoms with van der Waals surface area (Å²) in [5.74, 6) is -0.614. The first-order valence-electron chi connectivity index (χ1n) is 5.99. The van der Waals surface area contributed by atoms with E-state index in [9.17, 15) is 19.1 Å². The van der Waals surface area contributed by atoms with Gasteiger partial charge in [-0.2, -0.15) is 4.40 Å². The lowest BCUT2D eigenvalue weighted by molar-refractivity contribution is -0.385. The molecular formula is C13H16N2O5S. The molecule has 0 saturated heterocycles. The highest BCUT2D eigenvalue weighted by Crippen LogP contribution is 2.20. The Morgan fingerprint density at radius 1 is 1.43 bits per heavy atom. The standard InChI is InChI=1S/C13H16N2O5S/c1-13(2,3)21(19)14-8-10-7-9(12(16)20-4)5-6-11(10)15(17)18/h5-8H,1-4H3/b14-8+/t21-/m1/s1. The minimum atomic E-state index is -1.55. The molecule has 7 nitrogen and oxygen atoms in total. The zero-order valence-corrected chi connectivity index (χ0v) is 13.0. The first-order valence-corrected chi connectivity index (χ1v) is 7.10. The number of esters is 1. The predicted molar refractivity (Wildman–Crippen MR) is 79.9 cm³/mol. The normalized spacial score (nSPS) is 13.1. The Labute approximate surface area is 124 Å². The number of carbonyl (C=O) groups is 1. The van der Waals surface area contributed by atoms with E-state index < -0.39 is 26.6 Å². The Balaban J connectivity index is 3.25. The van der Waals surface area contributed by atoms with E-state index >= 15 is 0 Å². The number of ether oxygens (including phenoxy) is 1. The third-order valence-corrected chi connectivity index (χ3v) is 3.80. The van der Waals surface area contributed by atoms with Crippen molar-refractivity contribution in [2.24, 2.45) is 4.40 Å². The van der Waals surface area contributed by atoms with Crippen molar-refractivity contribution in [1.82, 2.24) is 0 Å². The van der Waals surface area contributed by atoms with Crippen molar-refractivity contribution >= 4 is 28.9 Å². The van der Waals surface area contributed by atoms with Crippen LogP contribution in [0.3, 0.4) is 0 Å². The average molecular weight is 312 g/mol. The highest BCUT2D eigenvalue weighted by Gasteiger charge is 2.20. The lowest BCUT2D eigenvalue weighted by Crippen LogP contribution is -2.19. The molecule has 114 valence electrons. The molecule has 1 aromatic carbocycles. The summed E-state index contributed by atoms with van der Waals surface area (Å²) in [7, 11) is -0.333. The summed E-state index contributed by atoms with van der Waals surface area (Å²) in [6.07, 6.45) is 1.14. The van der Waals surface area contributed by atoms with Crippen LogP contribution < -0.4 is 0 Å². The lowest BCUT2D eigenvalue weighted by Gasteiger charge is -2.12. The van der Waals surface area contributed by atoms with Gasteiger partial charge < -0.3 is 4.74 Å². The van der Waals surface area contributed by atoms with Gasteiger partial charge in [0.1, 0.15) is 11.0 Å². The largest absolute Gasteiger partial charge is 0.465 e. The van der Waals surface area contributed by atoms with E-state index in [1.54, 1.807) is 20.8 Å². The number of carbonyl (C=O) groups excluding carboxylic acids is 1. The summed E-state index contributed by atoms with van der Waals surface area (Å²) >= 11 is 0. The molecule has 8 heteroatoms. The van der Waals surface area contributed by atoms with Crippen molar-refractivity contribution in [2.45, 2.75) is 25.5 Å². The van der Waals surface area contributed by atoms with Gasteiger partial charge in [0.25, 0.3) is 5.69 Å². The van der Waals surface area contributed by atoms with Crippen LogP contribution in [0.4, 0.5) is 5.69 Å². The molecule has 0 aliphatic carbocycles. The van der Waals surface area contributed by atoms with Gasteiger partial charge in [-0.3, -0.25) is 10.1 Å². The molecule has 21 heavy (non-hydrogen) atoms. The molecular weight excluding hydrogens is 296 g/mol. The van der Waals surface area contributed by atoms with Crippen molar-refractivity contribution in [1.29, 1.82) is 0 Å². The first-order chi connectivity index (χ1) is 9.66. The molecule has 0 saturated carbocycles. The number of nitro groups is 1. The van der Waals surface area contributed by atoms with E-state index in [0.29, 0.717) is 0 Å². The summed E-state index contributed by atoms with van der Waals surface area (Å²) in [6, 6.07) is 3.77. The second-order valence-corrected chi connectivity index (χ2v) is 7.05. The van der Waals surface area contributed by atoms with Crippen molar-refractivity contribution in [2.75, 3.05) is 7.11 Å². The quantitative estimate of drug-likeness (QED) is 0.367. The molecule has 1 atom stereocenters. The van der Waals surface area contributed by atoms with E-state index in [1.165, 1.54) is 25.3 Å². The van der Waals surface area contributed by atoms with Gasteiger partial charge in [-0.15, -0.1) is 0 Å². The minimum Gasteiger partial charge on any atom is -0.465 e. The van der Waals surface area contributed by atoms with Crippen LogP contribution in [0, 0.1) is 10.1 Å². The third kappa shape index (κ3) is 4.45. The molecule has 0 aliphatic rings. The van der Waals surface area contributed by atoms with Gasteiger partial charge in [0.2, 0.25) is 0 Å². The molecule has 0 radical (unpaired) electrons. The van der Waals surface area contributed by atoms with Crippen molar-refractivity contribution in [3.05, 3.63) is 39.4 Å². The van der Waals surface area contributed by atoms with Crippen LogP contribution in [0.25, 0.3) is 0 Å². The minimum absolute atomic E-state index is 0.0977. The summed E-state index contributed by atoms with van der Waals surface area (Å²) < 4.78 is 19.7.